The molecule has 1 aliphatic heterocycles. The molecule has 1 heterocycles. The Bertz CT molecular complexity index is 253. The van der Waals surface area contributed by atoms with Gasteiger partial charge in [-0.3, -0.25) is 10.1 Å². The van der Waals surface area contributed by atoms with E-state index in [9.17, 15) is 4.79 Å². The number of hydrogen-bond donors (Lipinski definition) is 1. The lowest BCUT2D eigenvalue weighted by atomic mass is 10.0. The smallest absolute Gasteiger partial charge is 0.240 e. The van der Waals surface area contributed by atoms with Crippen LogP contribution < -0.4 is 5.32 Å². The zero-order valence-electron chi connectivity index (χ0n) is 12.5. The molecule has 1 fully saturated rings. The third-order valence-corrected chi connectivity index (χ3v) is 3.79. The maximum Gasteiger partial charge on any atom is 0.240 e. The van der Waals surface area contributed by atoms with E-state index in [1.165, 1.54) is 25.7 Å². The number of rotatable bonds is 8. The summed E-state index contributed by atoms with van der Waals surface area (Å²) >= 11 is 0. The Hall–Kier alpha value is -0.570. The standard InChI is InChI=1S/C15H30N2O/c1-5-14-16-13(4)15(18)17(14)11-9-7-6-8-10-12(2)3/h12-14,16H,5-11H2,1-4H3. The molecule has 18 heavy (non-hydrogen) atoms. The lowest BCUT2D eigenvalue weighted by Crippen LogP contribution is -2.37. The summed E-state index contributed by atoms with van der Waals surface area (Å²) in [5.74, 6) is 1.10. The van der Waals surface area contributed by atoms with Crippen LogP contribution in [-0.2, 0) is 4.79 Å². The van der Waals surface area contributed by atoms with E-state index in [4.69, 9.17) is 0 Å². The van der Waals surface area contributed by atoms with Crippen LogP contribution in [0.2, 0.25) is 0 Å². The lowest BCUT2D eigenvalue weighted by Gasteiger charge is -2.23. The van der Waals surface area contributed by atoms with E-state index in [1.54, 1.807) is 0 Å². The molecule has 0 bridgehead atoms. The fourth-order valence-electron chi connectivity index (χ4n) is 2.64. The molecular formula is C15H30N2O. The molecule has 0 saturated carbocycles. The average molecular weight is 254 g/mol. The van der Waals surface area contributed by atoms with E-state index in [0.717, 1.165) is 25.3 Å². The highest BCUT2D eigenvalue weighted by molar-refractivity contribution is 5.83. The molecule has 0 radical (unpaired) electrons. The minimum Gasteiger partial charge on any atom is -0.326 e. The molecule has 0 aliphatic carbocycles. The summed E-state index contributed by atoms with van der Waals surface area (Å²) < 4.78 is 0. The summed E-state index contributed by atoms with van der Waals surface area (Å²) in [4.78, 5) is 14.0. The van der Waals surface area contributed by atoms with Crippen LogP contribution in [0.15, 0.2) is 0 Å². The minimum atomic E-state index is 0.0101. The number of nitrogens with zero attached hydrogens (tertiary/aromatic N) is 1. The molecule has 1 N–H and O–H groups in total. The van der Waals surface area contributed by atoms with Gasteiger partial charge in [0.05, 0.1) is 12.2 Å². The van der Waals surface area contributed by atoms with Gasteiger partial charge in [-0.1, -0.05) is 46.5 Å². The molecule has 2 unspecified atom stereocenters. The molecule has 1 rings (SSSR count). The largest absolute Gasteiger partial charge is 0.326 e. The zero-order valence-corrected chi connectivity index (χ0v) is 12.5. The molecule has 0 aromatic rings. The molecule has 106 valence electrons. The topological polar surface area (TPSA) is 32.3 Å². The molecule has 1 amide bonds. The van der Waals surface area contributed by atoms with Crippen LogP contribution in [0.25, 0.3) is 0 Å². The van der Waals surface area contributed by atoms with E-state index in [1.807, 2.05) is 11.8 Å². The normalized spacial score (nSPS) is 24.3. The molecule has 0 aromatic carbocycles. The van der Waals surface area contributed by atoms with Crippen LogP contribution >= 0.6 is 0 Å². The van der Waals surface area contributed by atoms with Crippen LogP contribution in [0, 0.1) is 5.92 Å². The first-order valence-electron chi connectivity index (χ1n) is 7.62. The van der Waals surface area contributed by atoms with E-state index in [2.05, 4.69) is 26.1 Å². The van der Waals surface area contributed by atoms with Crippen molar-refractivity contribution in [1.29, 1.82) is 0 Å². The minimum absolute atomic E-state index is 0.0101. The maximum absolute atomic E-state index is 11.9. The van der Waals surface area contributed by atoms with Gasteiger partial charge in [0.25, 0.3) is 0 Å². The van der Waals surface area contributed by atoms with Gasteiger partial charge >= 0.3 is 0 Å². The van der Waals surface area contributed by atoms with Crippen molar-refractivity contribution in [2.75, 3.05) is 6.54 Å². The number of unbranched alkanes of at least 4 members (excludes halogenated alkanes) is 3. The van der Waals surface area contributed by atoms with E-state index >= 15 is 0 Å². The quantitative estimate of drug-likeness (QED) is 0.675. The first kappa shape index (κ1) is 15.5. The van der Waals surface area contributed by atoms with Crippen molar-refractivity contribution >= 4 is 5.91 Å². The zero-order chi connectivity index (χ0) is 13.5. The van der Waals surface area contributed by atoms with Crippen LogP contribution in [0.4, 0.5) is 0 Å². The van der Waals surface area contributed by atoms with Crippen LogP contribution in [-0.4, -0.2) is 29.6 Å². The fourth-order valence-corrected chi connectivity index (χ4v) is 2.64. The number of hydrogen-bond acceptors (Lipinski definition) is 2. The second-order valence-electron chi connectivity index (χ2n) is 5.94. The van der Waals surface area contributed by atoms with Crippen molar-refractivity contribution in [3.63, 3.8) is 0 Å². The first-order valence-corrected chi connectivity index (χ1v) is 7.62. The number of nitrogens with one attached hydrogen (secondary N) is 1. The Morgan fingerprint density at radius 3 is 2.50 bits per heavy atom. The monoisotopic (exact) mass is 254 g/mol. The summed E-state index contributed by atoms with van der Waals surface area (Å²) in [7, 11) is 0. The van der Waals surface area contributed by atoms with Crippen molar-refractivity contribution in [3.8, 4) is 0 Å². The predicted octanol–water partition coefficient (Wildman–Crippen LogP) is 3.15. The molecule has 2 atom stereocenters. The summed E-state index contributed by atoms with van der Waals surface area (Å²) in [6.45, 7) is 9.59. The van der Waals surface area contributed by atoms with Gasteiger partial charge < -0.3 is 4.90 Å². The van der Waals surface area contributed by atoms with Gasteiger partial charge in [-0.15, -0.1) is 0 Å². The molecular weight excluding hydrogens is 224 g/mol. The highest BCUT2D eigenvalue weighted by Gasteiger charge is 2.34. The SMILES string of the molecule is CCC1NC(C)C(=O)N1CCCCCCC(C)C. The van der Waals surface area contributed by atoms with E-state index in [0.29, 0.717) is 0 Å². The second-order valence-corrected chi connectivity index (χ2v) is 5.94. The van der Waals surface area contributed by atoms with Crippen molar-refractivity contribution < 1.29 is 4.79 Å². The Labute approximate surface area is 112 Å². The third-order valence-electron chi connectivity index (χ3n) is 3.79. The highest BCUT2D eigenvalue weighted by Crippen LogP contribution is 2.15. The van der Waals surface area contributed by atoms with Crippen molar-refractivity contribution in [1.82, 2.24) is 10.2 Å². The van der Waals surface area contributed by atoms with Crippen LogP contribution in [0.1, 0.15) is 66.2 Å². The van der Waals surface area contributed by atoms with Crippen molar-refractivity contribution in [2.24, 2.45) is 5.92 Å². The average Bonchev–Trinajstić information content (AvgIpc) is 2.60. The molecule has 3 nitrogen and oxygen atoms in total. The molecule has 1 saturated heterocycles. The molecule has 3 heteroatoms. The lowest BCUT2D eigenvalue weighted by molar-refractivity contribution is -0.129. The maximum atomic E-state index is 11.9. The molecule has 1 aliphatic rings. The second kappa shape index (κ2) is 7.78. The van der Waals surface area contributed by atoms with Crippen LogP contribution in [0.5, 0.6) is 0 Å². The van der Waals surface area contributed by atoms with Crippen molar-refractivity contribution in [3.05, 3.63) is 0 Å². The van der Waals surface area contributed by atoms with E-state index < -0.39 is 0 Å². The Morgan fingerprint density at radius 1 is 1.22 bits per heavy atom. The van der Waals surface area contributed by atoms with E-state index in [-0.39, 0.29) is 18.1 Å². The van der Waals surface area contributed by atoms with Gasteiger partial charge in [0.1, 0.15) is 0 Å². The number of amides is 1. The van der Waals surface area contributed by atoms with Gasteiger partial charge in [-0.05, 0) is 25.7 Å². The Kier molecular flexibility index (Phi) is 6.69. The Balaban J connectivity index is 2.16. The molecule has 0 spiro atoms. The number of carbonyl (C=O) groups is 1. The Morgan fingerprint density at radius 2 is 1.89 bits per heavy atom. The molecule has 0 aromatic heterocycles. The van der Waals surface area contributed by atoms with Crippen molar-refractivity contribution in [2.45, 2.75) is 78.4 Å². The van der Waals surface area contributed by atoms with Gasteiger partial charge in [0.2, 0.25) is 5.91 Å². The summed E-state index contributed by atoms with van der Waals surface area (Å²) in [5.41, 5.74) is 0. The summed E-state index contributed by atoms with van der Waals surface area (Å²) in [5, 5.41) is 3.35. The fraction of sp³-hybridized carbons (Fsp3) is 0.933. The van der Waals surface area contributed by atoms with Gasteiger partial charge in [0, 0.05) is 6.54 Å². The summed E-state index contributed by atoms with van der Waals surface area (Å²) in [6, 6.07) is 0.0101. The van der Waals surface area contributed by atoms with Gasteiger partial charge in [-0.2, -0.15) is 0 Å². The van der Waals surface area contributed by atoms with Gasteiger partial charge in [0.15, 0.2) is 0 Å². The highest BCUT2D eigenvalue weighted by atomic mass is 16.2. The van der Waals surface area contributed by atoms with Crippen LogP contribution in [0.3, 0.4) is 0 Å². The summed E-state index contributed by atoms with van der Waals surface area (Å²) in [6.07, 6.45) is 7.64. The first-order chi connectivity index (χ1) is 8.56. The third kappa shape index (κ3) is 4.60. The number of carbonyl (C=O) groups excluding carboxylic acids is 1. The van der Waals surface area contributed by atoms with Gasteiger partial charge in [-0.25, -0.2) is 0 Å². The predicted molar refractivity (Wildman–Crippen MR) is 76.3 cm³/mol.